The summed E-state index contributed by atoms with van der Waals surface area (Å²) < 4.78 is 5.61. The first-order valence-electron chi connectivity index (χ1n) is 4.04. The second-order valence-electron chi connectivity index (χ2n) is 2.81. The Balaban J connectivity index is 2.04. The number of hydrogen-bond acceptors (Lipinski definition) is 2. The van der Waals surface area contributed by atoms with E-state index in [1.807, 2.05) is 6.07 Å². The molecule has 2 heteroatoms. The molecule has 2 rings (SSSR count). The normalized spacial score (nSPS) is 25.3. The van der Waals surface area contributed by atoms with Gasteiger partial charge in [0, 0.05) is 16.9 Å². The highest BCUT2D eigenvalue weighted by atomic mass is 32.1. The second-order valence-corrected chi connectivity index (χ2v) is 3.72. The fourth-order valence-electron chi connectivity index (χ4n) is 1.39. The highest BCUT2D eigenvalue weighted by molar-refractivity contribution is 7.09. The maximum atomic E-state index is 5.61. The summed E-state index contributed by atoms with van der Waals surface area (Å²) >= 11 is 1.68. The molecule has 0 bridgehead atoms. The Morgan fingerprint density at radius 3 is 3.18 bits per heavy atom. The standard InChI is InChI=1S/C9H11OS/c1-2-6-10-8(4-1)9-5-3-7-11-9/h3,5,8H,1-2,4,6H2. The smallest absolute Gasteiger partial charge is 0.0917 e. The van der Waals surface area contributed by atoms with Crippen LogP contribution >= 0.6 is 11.3 Å². The van der Waals surface area contributed by atoms with Crippen LogP contribution in [0.15, 0.2) is 12.1 Å². The lowest BCUT2D eigenvalue weighted by atomic mass is 10.1. The molecule has 59 valence electrons. The maximum Gasteiger partial charge on any atom is 0.0917 e. The summed E-state index contributed by atoms with van der Waals surface area (Å²) in [6.45, 7) is 0.933. The van der Waals surface area contributed by atoms with Gasteiger partial charge in [0.05, 0.1) is 6.10 Å². The average Bonchev–Trinajstić information content (AvgIpc) is 2.58. The van der Waals surface area contributed by atoms with Gasteiger partial charge in [-0.25, -0.2) is 0 Å². The van der Waals surface area contributed by atoms with Gasteiger partial charge in [-0.15, -0.1) is 11.3 Å². The predicted octanol–water partition coefficient (Wildman–Crippen LogP) is 2.79. The van der Waals surface area contributed by atoms with Crippen molar-refractivity contribution >= 4 is 11.3 Å². The molecule has 0 N–H and O–H groups in total. The van der Waals surface area contributed by atoms with Crippen molar-refractivity contribution in [3.8, 4) is 0 Å². The van der Waals surface area contributed by atoms with Gasteiger partial charge in [-0.2, -0.15) is 0 Å². The molecule has 11 heavy (non-hydrogen) atoms. The Bertz CT molecular complexity index is 199. The van der Waals surface area contributed by atoms with E-state index in [9.17, 15) is 0 Å². The molecule has 1 aromatic heterocycles. The maximum absolute atomic E-state index is 5.61. The van der Waals surface area contributed by atoms with Crippen molar-refractivity contribution in [1.29, 1.82) is 0 Å². The van der Waals surface area contributed by atoms with Crippen LogP contribution in [-0.4, -0.2) is 6.61 Å². The lowest BCUT2D eigenvalue weighted by Gasteiger charge is -2.20. The summed E-state index contributed by atoms with van der Waals surface area (Å²) in [6.07, 6.45) is 4.10. The lowest BCUT2D eigenvalue weighted by molar-refractivity contribution is 0.0172. The van der Waals surface area contributed by atoms with Gasteiger partial charge < -0.3 is 4.74 Å². The van der Waals surface area contributed by atoms with Gasteiger partial charge >= 0.3 is 0 Å². The SMILES string of the molecule is [c]1ccc(C2CCCCO2)s1. The summed E-state index contributed by atoms with van der Waals surface area (Å²) in [5, 5.41) is 3.09. The Hall–Kier alpha value is -0.340. The van der Waals surface area contributed by atoms with E-state index in [0.717, 1.165) is 6.61 Å². The molecular weight excluding hydrogens is 156 g/mol. The first-order valence-corrected chi connectivity index (χ1v) is 4.86. The van der Waals surface area contributed by atoms with Gasteiger partial charge in [-0.3, -0.25) is 0 Å². The van der Waals surface area contributed by atoms with Crippen LogP contribution < -0.4 is 0 Å². The zero-order valence-corrected chi connectivity index (χ0v) is 7.19. The van der Waals surface area contributed by atoms with Crippen molar-refractivity contribution in [2.75, 3.05) is 6.61 Å². The van der Waals surface area contributed by atoms with Gasteiger partial charge in [-0.05, 0) is 31.4 Å². The number of rotatable bonds is 1. The van der Waals surface area contributed by atoms with Crippen molar-refractivity contribution in [3.63, 3.8) is 0 Å². The minimum Gasteiger partial charge on any atom is -0.373 e. The quantitative estimate of drug-likeness (QED) is 0.625. The highest BCUT2D eigenvalue weighted by Crippen LogP contribution is 2.30. The molecule has 1 fully saturated rings. The van der Waals surface area contributed by atoms with Gasteiger partial charge in [0.15, 0.2) is 0 Å². The summed E-state index contributed by atoms with van der Waals surface area (Å²) in [6, 6.07) is 4.08. The van der Waals surface area contributed by atoms with Crippen LogP contribution in [0.4, 0.5) is 0 Å². The Labute approximate surface area is 71.0 Å². The first kappa shape index (κ1) is 7.32. The van der Waals surface area contributed by atoms with Crippen molar-refractivity contribution in [2.45, 2.75) is 25.4 Å². The highest BCUT2D eigenvalue weighted by Gasteiger charge is 2.16. The summed E-state index contributed by atoms with van der Waals surface area (Å²) in [7, 11) is 0. The Morgan fingerprint density at radius 1 is 1.55 bits per heavy atom. The third-order valence-electron chi connectivity index (χ3n) is 1.99. The molecule has 2 heterocycles. The molecule has 1 saturated heterocycles. The zero-order valence-electron chi connectivity index (χ0n) is 6.38. The topological polar surface area (TPSA) is 9.23 Å². The number of hydrogen-bond donors (Lipinski definition) is 0. The summed E-state index contributed by atoms with van der Waals surface area (Å²) in [5.41, 5.74) is 0. The minimum absolute atomic E-state index is 0.375. The first-order chi connectivity index (χ1) is 5.47. The molecule has 1 aliphatic rings. The molecule has 0 spiro atoms. The monoisotopic (exact) mass is 167 g/mol. The van der Waals surface area contributed by atoms with E-state index in [4.69, 9.17) is 4.74 Å². The third kappa shape index (κ3) is 1.63. The molecule has 0 aromatic carbocycles. The molecule has 0 amide bonds. The molecule has 1 atom stereocenters. The van der Waals surface area contributed by atoms with Crippen molar-refractivity contribution in [3.05, 3.63) is 22.4 Å². The van der Waals surface area contributed by atoms with Crippen molar-refractivity contribution in [1.82, 2.24) is 0 Å². The second kappa shape index (κ2) is 3.37. The van der Waals surface area contributed by atoms with Gasteiger partial charge in [0.2, 0.25) is 0 Å². The van der Waals surface area contributed by atoms with E-state index < -0.39 is 0 Å². The van der Waals surface area contributed by atoms with Crippen LogP contribution in [0.5, 0.6) is 0 Å². The van der Waals surface area contributed by atoms with E-state index in [1.54, 1.807) is 11.3 Å². The van der Waals surface area contributed by atoms with E-state index in [2.05, 4.69) is 11.4 Å². The molecule has 1 unspecified atom stereocenters. The molecule has 1 aliphatic heterocycles. The summed E-state index contributed by atoms with van der Waals surface area (Å²) in [5.74, 6) is 0. The molecule has 1 aromatic rings. The average molecular weight is 167 g/mol. The Kier molecular flexibility index (Phi) is 2.24. The fourth-order valence-corrected chi connectivity index (χ4v) is 2.12. The van der Waals surface area contributed by atoms with Gasteiger partial charge in [0.1, 0.15) is 0 Å². The van der Waals surface area contributed by atoms with E-state index in [1.165, 1.54) is 24.1 Å². The van der Waals surface area contributed by atoms with Crippen LogP contribution in [0.2, 0.25) is 0 Å². The molecule has 1 radical (unpaired) electrons. The number of thiophene rings is 1. The van der Waals surface area contributed by atoms with Crippen molar-refractivity contribution < 1.29 is 4.74 Å². The minimum atomic E-state index is 0.375. The third-order valence-corrected chi connectivity index (χ3v) is 2.88. The van der Waals surface area contributed by atoms with Gasteiger partial charge in [-0.1, -0.05) is 0 Å². The van der Waals surface area contributed by atoms with Crippen LogP contribution in [-0.2, 0) is 4.74 Å². The largest absolute Gasteiger partial charge is 0.373 e. The number of ether oxygens (including phenoxy) is 1. The fraction of sp³-hybridized carbons (Fsp3) is 0.556. The lowest BCUT2D eigenvalue weighted by Crippen LogP contribution is -2.09. The molecule has 1 nitrogen and oxygen atoms in total. The van der Waals surface area contributed by atoms with E-state index >= 15 is 0 Å². The Morgan fingerprint density at radius 2 is 2.55 bits per heavy atom. The van der Waals surface area contributed by atoms with Gasteiger partial charge in [0.25, 0.3) is 0 Å². The molecule has 0 aliphatic carbocycles. The van der Waals surface area contributed by atoms with Crippen LogP contribution in [0.3, 0.4) is 0 Å². The van der Waals surface area contributed by atoms with Crippen LogP contribution in [0.25, 0.3) is 0 Å². The zero-order chi connectivity index (χ0) is 7.52. The van der Waals surface area contributed by atoms with Crippen molar-refractivity contribution in [2.24, 2.45) is 0 Å². The van der Waals surface area contributed by atoms with Crippen LogP contribution in [0, 0.1) is 5.38 Å². The summed E-state index contributed by atoms with van der Waals surface area (Å²) in [4.78, 5) is 1.34. The van der Waals surface area contributed by atoms with E-state index in [0.29, 0.717) is 6.10 Å². The molecule has 0 saturated carbocycles. The van der Waals surface area contributed by atoms with Crippen LogP contribution in [0.1, 0.15) is 30.2 Å². The van der Waals surface area contributed by atoms with E-state index in [-0.39, 0.29) is 0 Å². The molecular formula is C9H11OS. The predicted molar refractivity (Wildman–Crippen MR) is 45.7 cm³/mol.